The zero-order valence-electron chi connectivity index (χ0n) is 25.7. The number of carbonyl (C=O) groups excluding carboxylic acids is 3. The largest absolute Gasteiger partial charge is 0.463 e. The summed E-state index contributed by atoms with van der Waals surface area (Å²) in [4.78, 5) is 37.8. The molecule has 0 heterocycles. The van der Waals surface area contributed by atoms with Gasteiger partial charge in [-0.15, -0.1) is 0 Å². The van der Waals surface area contributed by atoms with E-state index < -0.39 is 60.5 Å². The van der Waals surface area contributed by atoms with Gasteiger partial charge in [-0.25, -0.2) is 8.78 Å². The molecule has 12 nitrogen and oxygen atoms in total. The number of alkyl halides is 4. The van der Waals surface area contributed by atoms with Gasteiger partial charge in [-0.1, -0.05) is 0 Å². The van der Waals surface area contributed by atoms with Crippen molar-refractivity contribution in [2.24, 2.45) is 11.8 Å². The van der Waals surface area contributed by atoms with Gasteiger partial charge in [-0.3, -0.25) is 14.4 Å². The van der Waals surface area contributed by atoms with Crippen molar-refractivity contribution in [1.29, 1.82) is 0 Å². The molecule has 0 aromatic rings. The van der Waals surface area contributed by atoms with Crippen molar-refractivity contribution < 1.29 is 74.6 Å². The van der Waals surface area contributed by atoms with E-state index in [0.717, 1.165) is 0 Å². The van der Waals surface area contributed by atoms with E-state index in [2.05, 4.69) is 0 Å². The monoisotopic (exact) mass is 650 g/mol. The minimum atomic E-state index is -4.41. The summed E-state index contributed by atoms with van der Waals surface area (Å²) in [6.45, 7) is 2.98. The number of rotatable bonds is 25. The lowest BCUT2D eigenvalue weighted by molar-refractivity contribution is -0.203. The quantitative estimate of drug-likeness (QED) is 0.0623. The minimum Gasteiger partial charge on any atom is -0.463 e. The molecule has 258 valence electrons. The Balaban J connectivity index is 2.61. The van der Waals surface area contributed by atoms with Crippen molar-refractivity contribution in [2.75, 3.05) is 93.5 Å². The van der Waals surface area contributed by atoms with Crippen LogP contribution in [0.15, 0.2) is 0 Å². The van der Waals surface area contributed by atoms with Crippen molar-refractivity contribution in [1.82, 2.24) is 0 Å². The van der Waals surface area contributed by atoms with Gasteiger partial charge in [0.1, 0.15) is 19.3 Å². The Morgan fingerprint density at radius 3 is 1.39 bits per heavy atom. The van der Waals surface area contributed by atoms with Crippen LogP contribution in [-0.4, -0.2) is 129 Å². The zero-order chi connectivity index (χ0) is 32.8. The van der Waals surface area contributed by atoms with Crippen LogP contribution in [0.1, 0.15) is 39.0 Å². The molecule has 0 spiro atoms. The summed E-state index contributed by atoms with van der Waals surface area (Å²) < 4.78 is 100. The second-order valence-electron chi connectivity index (χ2n) is 10.1. The highest BCUT2D eigenvalue weighted by Crippen LogP contribution is 2.38. The van der Waals surface area contributed by atoms with Crippen LogP contribution in [0.3, 0.4) is 0 Å². The Morgan fingerprint density at radius 2 is 1.00 bits per heavy atom. The van der Waals surface area contributed by atoms with Gasteiger partial charge in [0.15, 0.2) is 0 Å². The number of hydrogen-bond donors (Lipinski definition) is 0. The van der Waals surface area contributed by atoms with Crippen LogP contribution in [-0.2, 0) is 57.0 Å². The molecule has 0 N–H and O–H groups in total. The Hall–Kier alpha value is -2.11. The maximum Gasteiger partial charge on any atom is 0.310 e. The molecule has 44 heavy (non-hydrogen) atoms. The van der Waals surface area contributed by atoms with E-state index in [1.807, 2.05) is 0 Å². The van der Waals surface area contributed by atoms with Gasteiger partial charge in [-0.05, 0) is 19.3 Å². The Kier molecular flexibility index (Phi) is 20.3. The molecular weight excluding hydrogens is 604 g/mol. The third-order valence-corrected chi connectivity index (χ3v) is 6.47. The van der Waals surface area contributed by atoms with E-state index in [4.69, 9.17) is 42.6 Å². The third kappa shape index (κ3) is 17.4. The normalized spacial score (nSPS) is 19.0. The van der Waals surface area contributed by atoms with Crippen molar-refractivity contribution in [3.05, 3.63) is 0 Å². The fraction of sp³-hybridized carbons (Fsp3) is 0.893. The second-order valence-corrected chi connectivity index (χ2v) is 10.1. The summed E-state index contributed by atoms with van der Waals surface area (Å²) in [6.07, 6.45) is -3.48. The molecule has 1 aliphatic rings. The van der Waals surface area contributed by atoms with Gasteiger partial charge in [0.25, 0.3) is 0 Å². The number of esters is 3. The van der Waals surface area contributed by atoms with Crippen molar-refractivity contribution in [3.63, 3.8) is 0 Å². The van der Waals surface area contributed by atoms with Crippen LogP contribution in [0.25, 0.3) is 0 Å². The maximum atomic E-state index is 13.6. The molecule has 0 aromatic heterocycles. The van der Waals surface area contributed by atoms with E-state index in [0.29, 0.717) is 39.6 Å². The fourth-order valence-electron chi connectivity index (χ4n) is 4.04. The molecule has 1 rings (SSSR count). The first-order valence-corrected chi connectivity index (χ1v) is 14.5. The molecule has 1 fully saturated rings. The fourth-order valence-corrected chi connectivity index (χ4v) is 4.04. The molecule has 1 saturated carbocycles. The Morgan fingerprint density at radius 1 is 0.614 bits per heavy atom. The SMILES string of the molecule is COCCOCCOCCOC(=O)C1CC(OC(=O)CCC(F)(F)C(C)(F)F)CC(C(=O)OCCOCCOCCOC)C1. The predicted molar refractivity (Wildman–Crippen MR) is 144 cm³/mol. The number of methoxy groups -OCH3 is 2. The van der Waals surface area contributed by atoms with Crippen molar-refractivity contribution in [2.45, 2.75) is 57.0 Å². The molecular formula is C28H46F4O12. The summed E-state index contributed by atoms with van der Waals surface area (Å²) >= 11 is 0. The van der Waals surface area contributed by atoms with E-state index in [1.165, 1.54) is 0 Å². The molecule has 0 aliphatic heterocycles. The lowest BCUT2D eigenvalue weighted by Gasteiger charge is -2.32. The van der Waals surface area contributed by atoms with E-state index >= 15 is 0 Å². The highest BCUT2D eigenvalue weighted by molar-refractivity contribution is 5.77. The molecule has 1 aliphatic carbocycles. The molecule has 2 atom stereocenters. The molecule has 0 bridgehead atoms. The van der Waals surface area contributed by atoms with Gasteiger partial charge >= 0.3 is 29.8 Å². The van der Waals surface area contributed by atoms with Gasteiger partial charge < -0.3 is 42.6 Å². The number of ether oxygens (including phenoxy) is 9. The molecule has 2 unspecified atom stereocenters. The van der Waals surface area contributed by atoms with Crippen LogP contribution in [0, 0.1) is 11.8 Å². The molecule has 0 radical (unpaired) electrons. The predicted octanol–water partition coefficient (Wildman–Crippen LogP) is 2.83. The van der Waals surface area contributed by atoms with E-state index in [-0.39, 0.29) is 65.8 Å². The van der Waals surface area contributed by atoms with Crippen LogP contribution < -0.4 is 0 Å². The minimum absolute atomic E-state index is 0.0360. The second kappa shape index (κ2) is 22.4. The number of hydrogen-bond acceptors (Lipinski definition) is 12. The van der Waals surface area contributed by atoms with E-state index in [9.17, 15) is 31.9 Å². The Bertz CT molecular complexity index is 770. The van der Waals surface area contributed by atoms with Crippen LogP contribution >= 0.6 is 0 Å². The molecule has 16 heteroatoms. The third-order valence-electron chi connectivity index (χ3n) is 6.47. The smallest absolute Gasteiger partial charge is 0.310 e. The van der Waals surface area contributed by atoms with Crippen LogP contribution in [0.2, 0.25) is 0 Å². The first-order valence-electron chi connectivity index (χ1n) is 14.5. The molecule has 0 saturated heterocycles. The lowest BCUT2D eigenvalue weighted by Crippen LogP contribution is -2.40. The van der Waals surface area contributed by atoms with Gasteiger partial charge in [0.05, 0.1) is 84.3 Å². The van der Waals surface area contributed by atoms with Crippen molar-refractivity contribution >= 4 is 17.9 Å². The zero-order valence-corrected chi connectivity index (χ0v) is 25.7. The van der Waals surface area contributed by atoms with Gasteiger partial charge in [-0.2, -0.15) is 8.78 Å². The van der Waals surface area contributed by atoms with E-state index in [1.54, 1.807) is 14.2 Å². The number of halogens is 4. The lowest BCUT2D eigenvalue weighted by atomic mass is 9.79. The molecule has 0 amide bonds. The maximum absolute atomic E-state index is 13.6. The summed E-state index contributed by atoms with van der Waals surface area (Å²) in [5, 5.41) is 0. The van der Waals surface area contributed by atoms with Crippen molar-refractivity contribution in [3.8, 4) is 0 Å². The highest BCUT2D eigenvalue weighted by atomic mass is 19.3. The first kappa shape index (κ1) is 39.9. The standard InChI is InChI=1S/C28H46F4O12/c1-27(29,30)28(31,32)5-4-24(33)44-23-19-21(25(34)42-16-14-40-12-10-38-8-6-36-2)18-22(20-23)26(35)43-17-15-41-13-11-39-9-7-37-3/h21-23H,4-20H2,1-3H3. The average Bonchev–Trinajstić information content (AvgIpc) is 2.97. The molecule has 0 aromatic carbocycles. The first-order chi connectivity index (χ1) is 20.9. The summed E-state index contributed by atoms with van der Waals surface area (Å²) in [5.74, 6) is -13.0. The van der Waals surface area contributed by atoms with Crippen LogP contribution in [0.5, 0.6) is 0 Å². The summed E-state index contributed by atoms with van der Waals surface area (Å²) in [5.41, 5.74) is 0. The average molecular weight is 651 g/mol. The topological polar surface area (TPSA) is 134 Å². The van der Waals surface area contributed by atoms with Crippen LogP contribution in [0.4, 0.5) is 17.6 Å². The Labute approximate surface area is 255 Å². The highest BCUT2D eigenvalue weighted by Gasteiger charge is 2.52. The van der Waals surface area contributed by atoms with Gasteiger partial charge in [0.2, 0.25) is 0 Å². The summed E-state index contributed by atoms with van der Waals surface area (Å²) in [6, 6.07) is 0. The number of carbonyl (C=O) groups is 3. The summed E-state index contributed by atoms with van der Waals surface area (Å²) in [7, 11) is 3.10. The van der Waals surface area contributed by atoms with Gasteiger partial charge in [0, 0.05) is 27.6 Å².